The lowest BCUT2D eigenvalue weighted by Gasteiger charge is -2.11. The number of carbonyl (C=O) groups is 1. The molecule has 30 heavy (non-hydrogen) atoms. The summed E-state index contributed by atoms with van der Waals surface area (Å²) in [5.74, 6) is 0.487. The Balaban J connectivity index is 1.81. The lowest BCUT2D eigenvalue weighted by atomic mass is 10.2. The molecule has 0 bridgehead atoms. The summed E-state index contributed by atoms with van der Waals surface area (Å²) in [6.07, 6.45) is 4.48. The number of aryl methyl sites for hydroxylation is 3. The second-order valence-corrected chi connectivity index (χ2v) is 9.12. The van der Waals surface area contributed by atoms with Gasteiger partial charge in [-0.3, -0.25) is 9.25 Å². The maximum atomic E-state index is 12.4. The van der Waals surface area contributed by atoms with Crippen LogP contribution >= 0.6 is 0 Å². The van der Waals surface area contributed by atoms with E-state index >= 15 is 0 Å². The maximum absolute atomic E-state index is 12.4. The summed E-state index contributed by atoms with van der Waals surface area (Å²) < 4.78 is 35.2. The van der Waals surface area contributed by atoms with Crippen molar-refractivity contribution in [2.45, 2.75) is 40.0 Å². The molecular weight excluding hydrogens is 406 g/mol. The molecule has 0 aliphatic carbocycles. The van der Waals surface area contributed by atoms with Gasteiger partial charge in [0.05, 0.1) is 18.1 Å². The van der Waals surface area contributed by atoms with Crippen molar-refractivity contribution in [2.75, 3.05) is 12.4 Å². The molecule has 162 valence electrons. The van der Waals surface area contributed by atoms with Crippen molar-refractivity contribution < 1.29 is 17.9 Å². The molecule has 3 heterocycles. The highest BCUT2D eigenvalue weighted by Crippen LogP contribution is 2.24. The largest absolute Gasteiger partial charge is 0.449 e. The summed E-state index contributed by atoms with van der Waals surface area (Å²) in [5, 5.41) is 5.45. The predicted molar refractivity (Wildman–Crippen MR) is 114 cm³/mol. The van der Waals surface area contributed by atoms with E-state index in [2.05, 4.69) is 10.1 Å². The van der Waals surface area contributed by atoms with Crippen LogP contribution in [0.4, 0.5) is 4.79 Å². The van der Waals surface area contributed by atoms with Gasteiger partial charge in [0, 0.05) is 30.4 Å². The van der Waals surface area contributed by atoms with Crippen LogP contribution in [0.25, 0.3) is 16.9 Å². The van der Waals surface area contributed by atoms with Gasteiger partial charge < -0.3 is 4.74 Å². The summed E-state index contributed by atoms with van der Waals surface area (Å²) >= 11 is 0. The van der Waals surface area contributed by atoms with E-state index < -0.39 is 16.1 Å². The fourth-order valence-electron chi connectivity index (χ4n) is 3.34. The molecule has 0 atom stereocenters. The van der Waals surface area contributed by atoms with Crippen LogP contribution in [-0.2, 0) is 28.2 Å². The fraction of sp³-hybridized carbons (Fsp3) is 0.450. The van der Waals surface area contributed by atoms with E-state index in [1.54, 1.807) is 10.9 Å². The highest BCUT2D eigenvalue weighted by atomic mass is 32.2. The maximum Gasteiger partial charge on any atom is 0.420 e. The number of aromatic nitrogens is 4. The van der Waals surface area contributed by atoms with E-state index in [0.717, 1.165) is 40.1 Å². The lowest BCUT2D eigenvalue weighted by Crippen LogP contribution is -2.33. The molecule has 0 unspecified atom stereocenters. The van der Waals surface area contributed by atoms with E-state index in [1.165, 1.54) is 0 Å². The first-order valence-electron chi connectivity index (χ1n) is 9.85. The number of ether oxygens (including phenoxy) is 1. The zero-order valence-corrected chi connectivity index (χ0v) is 18.5. The first-order chi connectivity index (χ1) is 14.2. The zero-order valence-electron chi connectivity index (χ0n) is 17.7. The molecule has 1 N–H and O–H groups in total. The Labute approximate surface area is 176 Å². The topological polar surface area (TPSA) is 108 Å². The number of sulfonamides is 1. The Morgan fingerprint density at radius 2 is 2.07 bits per heavy atom. The summed E-state index contributed by atoms with van der Waals surface area (Å²) in [6, 6.07) is 4.01. The first kappa shape index (κ1) is 21.8. The van der Waals surface area contributed by atoms with E-state index in [-0.39, 0.29) is 18.8 Å². The van der Waals surface area contributed by atoms with Crippen LogP contribution in [-0.4, -0.2) is 46.2 Å². The van der Waals surface area contributed by atoms with Crippen molar-refractivity contribution in [2.24, 2.45) is 7.05 Å². The average molecular weight is 434 g/mol. The number of carbonyl (C=O) groups excluding carboxylic acids is 1. The molecule has 0 spiro atoms. The Hall–Kier alpha value is -2.88. The van der Waals surface area contributed by atoms with E-state index in [9.17, 15) is 13.2 Å². The van der Waals surface area contributed by atoms with Crippen LogP contribution in [0.2, 0.25) is 0 Å². The van der Waals surface area contributed by atoms with Crippen molar-refractivity contribution in [1.29, 1.82) is 0 Å². The molecule has 1 amide bonds. The molecule has 3 aromatic rings. The minimum absolute atomic E-state index is 0.191. The van der Waals surface area contributed by atoms with Crippen LogP contribution in [0.1, 0.15) is 36.6 Å². The second kappa shape index (κ2) is 8.86. The number of hydrogen-bond donors (Lipinski definition) is 1. The standard InChI is InChI=1S/C20H27N5O4S/c1-5-6-10-29-20(26)23-30(27,28)11-8-17-15(3)22-24(4)19(17)25-9-7-16-12-14(2)13-21-18(16)25/h7,9,12-13H,5-6,8,10-11H2,1-4H3,(H,23,26). The first-order valence-corrected chi connectivity index (χ1v) is 11.5. The van der Waals surface area contributed by atoms with E-state index in [4.69, 9.17) is 4.74 Å². The Kier molecular flexibility index (Phi) is 6.45. The van der Waals surface area contributed by atoms with Crippen molar-refractivity contribution in [1.82, 2.24) is 24.1 Å². The van der Waals surface area contributed by atoms with Gasteiger partial charge in [-0.05, 0) is 44.4 Å². The van der Waals surface area contributed by atoms with E-state index in [0.29, 0.717) is 6.42 Å². The normalized spacial score (nSPS) is 11.7. The predicted octanol–water partition coefficient (Wildman–Crippen LogP) is 2.77. The summed E-state index contributed by atoms with van der Waals surface area (Å²) in [6.45, 7) is 5.96. The van der Waals surface area contributed by atoms with Gasteiger partial charge in [0.1, 0.15) is 11.5 Å². The highest BCUT2D eigenvalue weighted by Gasteiger charge is 2.21. The van der Waals surface area contributed by atoms with Gasteiger partial charge in [0.25, 0.3) is 0 Å². The van der Waals surface area contributed by atoms with Crippen molar-refractivity contribution in [3.05, 3.63) is 41.3 Å². The molecule has 9 nitrogen and oxygen atoms in total. The number of rotatable bonds is 8. The fourth-order valence-corrected chi connectivity index (χ4v) is 4.23. The van der Waals surface area contributed by atoms with Gasteiger partial charge in [-0.2, -0.15) is 5.10 Å². The van der Waals surface area contributed by atoms with Crippen LogP contribution in [0, 0.1) is 13.8 Å². The van der Waals surface area contributed by atoms with Gasteiger partial charge in [-0.25, -0.2) is 22.9 Å². The Morgan fingerprint density at radius 3 is 2.80 bits per heavy atom. The van der Waals surface area contributed by atoms with Gasteiger partial charge in [-0.1, -0.05) is 13.3 Å². The van der Waals surface area contributed by atoms with Crippen LogP contribution in [0.5, 0.6) is 0 Å². The van der Waals surface area contributed by atoms with Crippen molar-refractivity contribution >= 4 is 27.1 Å². The van der Waals surface area contributed by atoms with Gasteiger partial charge in [-0.15, -0.1) is 0 Å². The third-order valence-corrected chi connectivity index (χ3v) is 6.01. The molecule has 0 fully saturated rings. The highest BCUT2D eigenvalue weighted by molar-refractivity contribution is 7.90. The number of nitrogens with one attached hydrogen (secondary N) is 1. The minimum Gasteiger partial charge on any atom is -0.449 e. The average Bonchev–Trinajstić information content (AvgIpc) is 3.18. The molecule has 3 rings (SSSR count). The minimum atomic E-state index is -3.84. The number of unbranched alkanes of at least 4 members (excludes halogenated alkanes) is 1. The number of nitrogens with zero attached hydrogens (tertiary/aromatic N) is 4. The smallest absolute Gasteiger partial charge is 0.420 e. The number of fused-ring (bicyclic) bond motifs is 1. The van der Waals surface area contributed by atoms with Gasteiger partial charge in [0.15, 0.2) is 0 Å². The summed E-state index contributed by atoms with van der Waals surface area (Å²) in [5.41, 5.74) is 3.33. The number of amides is 1. The third-order valence-electron chi connectivity index (χ3n) is 4.80. The molecule has 0 saturated carbocycles. The molecule has 10 heteroatoms. The van der Waals surface area contributed by atoms with Gasteiger partial charge in [0.2, 0.25) is 10.0 Å². The molecule has 0 aliphatic rings. The van der Waals surface area contributed by atoms with Crippen molar-refractivity contribution in [3.8, 4) is 5.82 Å². The van der Waals surface area contributed by atoms with Crippen LogP contribution in [0.3, 0.4) is 0 Å². The molecule has 0 aliphatic heterocycles. The SMILES string of the molecule is CCCCOC(=O)NS(=O)(=O)CCc1c(C)nn(C)c1-n1ccc2cc(C)cnc21. The summed E-state index contributed by atoms with van der Waals surface area (Å²) in [4.78, 5) is 16.2. The quantitative estimate of drug-likeness (QED) is 0.547. The monoisotopic (exact) mass is 433 g/mol. The molecule has 0 aromatic carbocycles. The molecular formula is C20H27N5O4S. The van der Waals surface area contributed by atoms with Crippen LogP contribution < -0.4 is 4.72 Å². The van der Waals surface area contributed by atoms with E-state index in [1.807, 2.05) is 55.4 Å². The molecule has 0 saturated heterocycles. The number of pyridine rings is 1. The molecule has 0 radical (unpaired) electrons. The van der Waals surface area contributed by atoms with Gasteiger partial charge >= 0.3 is 6.09 Å². The lowest BCUT2D eigenvalue weighted by molar-refractivity contribution is 0.151. The van der Waals surface area contributed by atoms with Crippen molar-refractivity contribution in [3.63, 3.8) is 0 Å². The zero-order chi connectivity index (χ0) is 21.9. The number of hydrogen-bond acceptors (Lipinski definition) is 6. The second-order valence-electron chi connectivity index (χ2n) is 7.28. The third kappa shape index (κ3) is 4.81. The van der Waals surface area contributed by atoms with Crippen LogP contribution in [0.15, 0.2) is 24.5 Å². The summed E-state index contributed by atoms with van der Waals surface area (Å²) in [7, 11) is -2.03. The Bertz CT molecular complexity index is 1160. The Morgan fingerprint density at radius 1 is 1.30 bits per heavy atom. The molecule has 3 aromatic heterocycles.